The summed E-state index contributed by atoms with van der Waals surface area (Å²) in [5.41, 5.74) is 0. The van der Waals surface area contributed by atoms with Crippen LogP contribution in [0.4, 0.5) is 0 Å². The van der Waals surface area contributed by atoms with Crippen molar-refractivity contribution in [2.24, 2.45) is 0 Å². The minimum absolute atomic E-state index is 0.649. The Kier molecular flexibility index (Phi) is 25.9. The van der Waals surface area contributed by atoms with Gasteiger partial charge in [-0.25, -0.2) is 0 Å². The standard InChI is InChI=1S/C30H68N2O5Si2/c1-9-19-31(20-10-2)23-17-29-38(33-25-13-5,34-26-14-6)37-39(35-27-15-7,36-28-16-8)30-18-24-32(21-11-3)22-12-4/h9-30H2,1-8H3. The molecule has 0 saturated carbocycles. The van der Waals surface area contributed by atoms with E-state index in [4.69, 9.17) is 21.8 Å². The first-order chi connectivity index (χ1) is 18.9. The molecule has 9 heteroatoms. The lowest BCUT2D eigenvalue weighted by Crippen LogP contribution is -2.59. The molecule has 0 bridgehead atoms. The van der Waals surface area contributed by atoms with Gasteiger partial charge in [-0.1, -0.05) is 55.4 Å². The average Bonchev–Trinajstić information content (AvgIpc) is 2.93. The van der Waals surface area contributed by atoms with Gasteiger partial charge in [-0.15, -0.1) is 0 Å². The van der Waals surface area contributed by atoms with Crippen LogP contribution in [0.5, 0.6) is 0 Å². The first kappa shape index (κ1) is 39.2. The molecule has 0 fully saturated rings. The van der Waals surface area contributed by atoms with E-state index in [1.165, 1.54) is 25.7 Å². The van der Waals surface area contributed by atoms with E-state index in [1.54, 1.807) is 0 Å². The maximum Gasteiger partial charge on any atom is 0.493 e. The first-order valence-electron chi connectivity index (χ1n) is 16.6. The molecule has 0 aromatic heterocycles. The highest BCUT2D eigenvalue weighted by molar-refractivity contribution is 6.75. The van der Waals surface area contributed by atoms with E-state index in [0.717, 1.165) is 89.9 Å². The van der Waals surface area contributed by atoms with Gasteiger partial charge in [-0.2, -0.15) is 0 Å². The van der Waals surface area contributed by atoms with Crippen LogP contribution in [0.1, 0.15) is 120 Å². The van der Waals surface area contributed by atoms with Crippen LogP contribution in [0.3, 0.4) is 0 Å². The molecule has 0 spiro atoms. The van der Waals surface area contributed by atoms with Crippen molar-refractivity contribution < 1.29 is 21.8 Å². The molecule has 0 aliphatic carbocycles. The molecule has 0 unspecified atom stereocenters. The minimum atomic E-state index is -3.02. The molecule has 39 heavy (non-hydrogen) atoms. The maximum absolute atomic E-state index is 7.19. The molecule has 0 amide bonds. The molecule has 0 saturated heterocycles. The lowest BCUT2D eigenvalue weighted by molar-refractivity contribution is 0.0391. The predicted octanol–water partition coefficient (Wildman–Crippen LogP) is 7.61. The topological polar surface area (TPSA) is 52.6 Å². The molecular weight excluding hydrogens is 525 g/mol. The average molecular weight is 593 g/mol. The van der Waals surface area contributed by atoms with E-state index in [0.29, 0.717) is 26.4 Å². The summed E-state index contributed by atoms with van der Waals surface area (Å²) in [5, 5.41) is 0. The fourth-order valence-electron chi connectivity index (χ4n) is 4.83. The molecule has 0 aromatic rings. The summed E-state index contributed by atoms with van der Waals surface area (Å²) < 4.78 is 33.8. The van der Waals surface area contributed by atoms with Gasteiger partial charge in [0.05, 0.1) is 0 Å². The van der Waals surface area contributed by atoms with E-state index in [1.807, 2.05) is 0 Å². The molecule has 0 atom stereocenters. The van der Waals surface area contributed by atoms with Crippen molar-refractivity contribution in [3.05, 3.63) is 0 Å². The van der Waals surface area contributed by atoms with E-state index in [2.05, 4.69) is 65.2 Å². The Bertz CT molecular complexity index is 462. The normalized spacial score (nSPS) is 12.8. The van der Waals surface area contributed by atoms with Crippen LogP contribution in [-0.2, 0) is 21.8 Å². The summed E-state index contributed by atoms with van der Waals surface area (Å²) >= 11 is 0. The van der Waals surface area contributed by atoms with Crippen molar-refractivity contribution in [2.45, 2.75) is 132 Å². The third-order valence-corrected chi connectivity index (χ3v) is 13.5. The Labute approximate surface area is 246 Å². The van der Waals surface area contributed by atoms with Gasteiger partial charge in [0.2, 0.25) is 0 Å². The smallest absolute Gasteiger partial charge is 0.374 e. The van der Waals surface area contributed by atoms with Gasteiger partial charge in [0.1, 0.15) is 0 Å². The van der Waals surface area contributed by atoms with Crippen LogP contribution in [-0.4, -0.2) is 93.1 Å². The Morgan fingerprint density at radius 2 is 0.667 bits per heavy atom. The highest BCUT2D eigenvalue weighted by Gasteiger charge is 2.53. The molecule has 0 rings (SSSR count). The van der Waals surface area contributed by atoms with Crippen LogP contribution in [0.15, 0.2) is 0 Å². The quantitative estimate of drug-likeness (QED) is 0.0796. The van der Waals surface area contributed by atoms with Crippen LogP contribution in [0.25, 0.3) is 0 Å². The minimum Gasteiger partial charge on any atom is -0.374 e. The van der Waals surface area contributed by atoms with Gasteiger partial charge >= 0.3 is 17.6 Å². The lowest BCUT2D eigenvalue weighted by Gasteiger charge is -2.39. The second kappa shape index (κ2) is 25.8. The van der Waals surface area contributed by atoms with Crippen molar-refractivity contribution in [2.75, 3.05) is 65.7 Å². The SMILES string of the molecule is CCCO[Si](CCCN(CCC)CCC)(OCCC)O[Si](CCCN(CCC)CCC)(OCCC)OCCC. The van der Waals surface area contributed by atoms with Crippen LogP contribution in [0.2, 0.25) is 12.1 Å². The first-order valence-corrected chi connectivity index (χ1v) is 20.5. The van der Waals surface area contributed by atoms with Gasteiger partial charge in [0, 0.05) is 38.5 Å². The molecule has 0 heterocycles. The second-order valence-electron chi connectivity index (χ2n) is 10.8. The Hall–Kier alpha value is 0.154. The van der Waals surface area contributed by atoms with Crippen molar-refractivity contribution in [3.8, 4) is 0 Å². The molecular formula is C30H68N2O5Si2. The van der Waals surface area contributed by atoms with Crippen molar-refractivity contribution in [3.63, 3.8) is 0 Å². The largest absolute Gasteiger partial charge is 0.493 e. The number of rotatable bonds is 30. The molecule has 7 nitrogen and oxygen atoms in total. The second-order valence-corrected chi connectivity index (χ2v) is 16.5. The number of hydrogen-bond donors (Lipinski definition) is 0. The van der Waals surface area contributed by atoms with E-state index in [9.17, 15) is 0 Å². The summed E-state index contributed by atoms with van der Waals surface area (Å²) in [6, 6.07) is 1.63. The van der Waals surface area contributed by atoms with Crippen LogP contribution in [0, 0.1) is 0 Å². The van der Waals surface area contributed by atoms with Gasteiger partial charge in [-0.3, -0.25) is 0 Å². The summed E-state index contributed by atoms with van der Waals surface area (Å²) in [6.07, 6.45) is 10.5. The van der Waals surface area contributed by atoms with E-state index < -0.39 is 17.6 Å². The van der Waals surface area contributed by atoms with Crippen LogP contribution >= 0.6 is 0 Å². The summed E-state index contributed by atoms with van der Waals surface area (Å²) in [4.78, 5) is 5.14. The summed E-state index contributed by atoms with van der Waals surface area (Å²) in [7, 11) is -6.04. The molecule has 0 N–H and O–H groups in total. The summed E-state index contributed by atoms with van der Waals surface area (Å²) in [6.45, 7) is 26.9. The van der Waals surface area contributed by atoms with Crippen molar-refractivity contribution in [1.82, 2.24) is 9.80 Å². The monoisotopic (exact) mass is 592 g/mol. The molecule has 0 aromatic carbocycles. The fourth-order valence-corrected chi connectivity index (χ4v) is 12.5. The Balaban J connectivity index is 6.03. The molecule has 0 aliphatic heterocycles. The zero-order valence-electron chi connectivity index (χ0n) is 27.5. The highest BCUT2D eigenvalue weighted by atomic mass is 28.5. The number of nitrogens with zero attached hydrogens (tertiary/aromatic N) is 2. The van der Waals surface area contributed by atoms with Crippen LogP contribution < -0.4 is 0 Å². The Morgan fingerprint density at radius 1 is 0.385 bits per heavy atom. The number of hydrogen-bond acceptors (Lipinski definition) is 7. The van der Waals surface area contributed by atoms with Gasteiger partial charge in [-0.05, 0) is 103 Å². The zero-order valence-corrected chi connectivity index (χ0v) is 29.5. The maximum atomic E-state index is 7.19. The van der Waals surface area contributed by atoms with Crippen molar-refractivity contribution in [1.29, 1.82) is 0 Å². The van der Waals surface area contributed by atoms with E-state index in [-0.39, 0.29) is 0 Å². The Morgan fingerprint density at radius 3 is 0.897 bits per heavy atom. The summed E-state index contributed by atoms with van der Waals surface area (Å²) in [5.74, 6) is 0. The fraction of sp³-hybridized carbons (Fsp3) is 1.00. The highest BCUT2D eigenvalue weighted by Crippen LogP contribution is 2.29. The van der Waals surface area contributed by atoms with E-state index >= 15 is 0 Å². The zero-order chi connectivity index (χ0) is 29.2. The predicted molar refractivity (Wildman–Crippen MR) is 170 cm³/mol. The van der Waals surface area contributed by atoms with Gasteiger partial charge in [0.15, 0.2) is 0 Å². The third-order valence-electron chi connectivity index (χ3n) is 6.49. The molecule has 236 valence electrons. The lowest BCUT2D eigenvalue weighted by atomic mass is 10.3. The third kappa shape index (κ3) is 18.3. The van der Waals surface area contributed by atoms with Gasteiger partial charge < -0.3 is 31.6 Å². The molecule has 0 aliphatic rings. The molecule has 0 radical (unpaired) electrons. The van der Waals surface area contributed by atoms with Gasteiger partial charge in [0.25, 0.3) is 0 Å². The van der Waals surface area contributed by atoms with Crippen molar-refractivity contribution >= 4 is 17.6 Å².